The molecule has 0 aliphatic heterocycles. The molecule has 0 saturated carbocycles. The summed E-state index contributed by atoms with van der Waals surface area (Å²) < 4.78 is 6.85. The molecule has 152 valence electrons. The first-order valence-corrected chi connectivity index (χ1v) is 10.4. The lowest BCUT2D eigenvalue weighted by atomic mass is 10.1. The number of esters is 1. The number of hydrogen-bond donors (Lipinski definition) is 1. The van der Waals surface area contributed by atoms with Crippen molar-refractivity contribution in [2.45, 2.75) is 43.3 Å². The van der Waals surface area contributed by atoms with Gasteiger partial charge in [-0.3, -0.25) is 4.79 Å². The van der Waals surface area contributed by atoms with E-state index in [1.807, 2.05) is 22.8 Å². The van der Waals surface area contributed by atoms with Crippen molar-refractivity contribution in [1.82, 2.24) is 14.8 Å². The number of rotatable bonds is 8. The van der Waals surface area contributed by atoms with Crippen molar-refractivity contribution in [2.75, 3.05) is 7.11 Å². The average Bonchev–Trinajstić information content (AvgIpc) is 3.12. The third-order valence-corrected chi connectivity index (χ3v) is 5.71. The van der Waals surface area contributed by atoms with E-state index in [9.17, 15) is 4.79 Å². The number of thioether (sulfide) groups is 1. The minimum Gasteiger partial charge on any atom is -0.468 e. The molecule has 3 aromatic rings. The quantitative estimate of drug-likeness (QED) is 0.452. The predicted molar refractivity (Wildman–Crippen MR) is 115 cm³/mol. The van der Waals surface area contributed by atoms with E-state index in [4.69, 9.17) is 10.5 Å². The normalized spacial score (nSPS) is 13.1. The summed E-state index contributed by atoms with van der Waals surface area (Å²) in [4.78, 5) is 11.9. The summed E-state index contributed by atoms with van der Waals surface area (Å²) in [6, 6.07) is 18.1. The van der Waals surface area contributed by atoms with E-state index < -0.39 is 0 Å². The van der Waals surface area contributed by atoms with Gasteiger partial charge in [0, 0.05) is 0 Å². The second-order valence-electron chi connectivity index (χ2n) is 6.99. The van der Waals surface area contributed by atoms with E-state index in [0.29, 0.717) is 23.9 Å². The fourth-order valence-electron chi connectivity index (χ4n) is 3.02. The first kappa shape index (κ1) is 21.1. The van der Waals surface area contributed by atoms with Crippen molar-refractivity contribution in [3.8, 4) is 0 Å². The predicted octanol–water partition coefficient (Wildman–Crippen LogP) is 3.53. The molecular formula is C22H26N4O2S. The molecule has 0 radical (unpaired) electrons. The smallest absolute Gasteiger partial charge is 0.318 e. The Morgan fingerprint density at radius 1 is 1.10 bits per heavy atom. The molecule has 3 rings (SSSR count). The van der Waals surface area contributed by atoms with Crippen LogP contribution in [0.5, 0.6) is 0 Å². The van der Waals surface area contributed by atoms with Crippen molar-refractivity contribution in [1.29, 1.82) is 0 Å². The van der Waals surface area contributed by atoms with Gasteiger partial charge in [-0.05, 0) is 31.4 Å². The number of hydrogen-bond acceptors (Lipinski definition) is 6. The third-order valence-electron chi connectivity index (χ3n) is 4.65. The number of carbonyl (C=O) groups is 1. The Bertz CT molecular complexity index is 941. The Morgan fingerprint density at radius 3 is 2.45 bits per heavy atom. The topological polar surface area (TPSA) is 83.0 Å². The van der Waals surface area contributed by atoms with Crippen molar-refractivity contribution in [3.63, 3.8) is 0 Å². The minimum absolute atomic E-state index is 0.296. The Balaban J connectivity index is 1.90. The third kappa shape index (κ3) is 5.46. The van der Waals surface area contributed by atoms with Crippen molar-refractivity contribution >= 4 is 17.7 Å². The standard InChI is InChI=1S/C22H26N4O2S/c1-15-9-11-18(12-10-15)14-26-20(19(23)13-17-7-5-4-6-8-17)24-25-22(26)29-16(2)21(27)28-3/h4-12,16,19H,13-14,23H2,1-3H3/t16?,19-/m0/s1. The molecule has 0 fully saturated rings. The van der Waals surface area contributed by atoms with Gasteiger partial charge in [0.1, 0.15) is 5.25 Å². The average molecular weight is 411 g/mol. The molecule has 0 aliphatic carbocycles. The Hall–Kier alpha value is -2.64. The van der Waals surface area contributed by atoms with Crippen LogP contribution in [0.1, 0.15) is 35.5 Å². The van der Waals surface area contributed by atoms with Gasteiger partial charge in [0.05, 0.1) is 19.7 Å². The second kappa shape index (κ2) is 9.71. The van der Waals surface area contributed by atoms with E-state index in [1.165, 1.54) is 24.4 Å². The van der Waals surface area contributed by atoms with Crippen LogP contribution in [-0.4, -0.2) is 33.1 Å². The molecule has 2 atom stereocenters. The van der Waals surface area contributed by atoms with Gasteiger partial charge in [-0.1, -0.05) is 71.9 Å². The van der Waals surface area contributed by atoms with Crippen LogP contribution >= 0.6 is 11.8 Å². The maximum absolute atomic E-state index is 11.9. The van der Waals surface area contributed by atoms with E-state index in [0.717, 1.165) is 11.1 Å². The highest BCUT2D eigenvalue weighted by Crippen LogP contribution is 2.26. The zero-order chi connectivity index (χ0) is 20.8. The fourth-order valence-corrected chi connectivity index (χ4v) is 3.90. The summed E-state index contributed by atoms with van der Waals surface area (Å²) >= 11 is 1.33. The number of aromatic nitrogens is 3. The van der Waals surface area contributed by atoms with E-state index in [1.54, 1.807) is 6.92 Å². The van der Waals surface area contributed by atoms with Gasteiger partial charge in [-0.25, -0.2) is 0 Å². The fraction of sp³-hybridized carbons (Fsp3) is 0.318. The first-order valence-electron chi connectivity index (χ1n) is 9.50. The first-order chi connectivity index (χ1) is 14.0. The summed E-state index contributed by atoms with van der Waals surface area (Å²) in [5.74, 6) is 0.406. The summed E-state index contributed by atoms with van der Waals surface area (Å²) in [6.45, 7) is 4.44. The Labute approximate surface area is 175 Å². The molecule has 2 N–H and O–H groups in total. The van der Waals surface area contributed by atoms with Gasteiger partial charge in [0.15, 0.2) is 11.0 Å². The molecule has 2 aromatic carbocycles. The highest BCUT2D eigenvalue weighted by atomic mass is 32.2. The van der Waals surface area contributed by atoms with E-state index in [2.05, 4.69) is 53.5 Å². The van der Waals surface area contributed by atoms with Crippen LogP contribution in [-0.2, 0) is 22.5 Å². The monoisotopic (exact) mass is 410 g/mol. The number of methoxy groups -OCH3 is 1. The van der Waals surface area contributed by atoms with Crippen molar-refractivity contribution < 1.29 is 9.53 Å². The van der Waals surface area contributed by atoms with Crippen molar-refractivity contribution in [3.05, 3.63) is 77.1 Å². The maximum atomic E-state index is 11.9. The molecule has 0 aliphatic rings. The maximum Gasteiger partial charge on any atom is 0.318 e. The van der Waals surface area contributed by atoms with Crippen LogP contribution in [0.2, 0.25) is 0 Å². The molecular weight excluding hydrogens is 384 g/mol. The SMILES string of the molecule is COC(=O)C(C)Sc1nnc([C@@H](N)Cc2ccccc2)n1Cc1ccc(C)cc1. The van der Waals surface area contributed by atoms with Gasteiger partial charge in [0.2, 0.25) is 0 Å². The molecule has 0 saturated heterocycles. The lowest BCUT2D eigenvalue weighted by molar-refractivity contribution is -0.139. The summed E-state index contributed by atoms with van der Waals surface area (Å²) in [7, 11) is 1.39. The van der Waals surface area contributed by atoms with Crippen LogP contribution < -0.4 is 5.73 Å². The Kier molecular flexibility index (Phi) is 7.06. The van der Waals surface area contributed by atoms with Gasteiger partial charge in [0.25, 0.3) is 0 Å². The zero-order valence-electron chi connectivity index (χ0n) is 16.9. The van der Waals surface area contributed by atoms with Crippen LogP contribution in [0.4, 0.5) is 0 Å². The number of aryl methyl sites for hydroxylation is 1. The lowest BCUT2D eigenvalue weighted by Gasteiger charge is -2.16. The lowest BCUT2D eigenvalue weighted by Crippen LogP contribution is -2.21. The largest absolute Gasteiger partial charge is 0.468 e. The molecule has 1 aromatic heterocycles. The van der Waals surface area contributed by atoms with Gasteiger partial charge in [-0.2, -0.15) is 0 Å². The highest BCUT2D eigenvalue weighted by molar-refractivity contribution is 8.00. The molecule has 6 nitrogen and oxygen atoms in total. The van der Waals surface area contributed by atoms with Crippen LogP contribution in [0.15, 0.2) is 59.8 Å². The number of nitrogens with two attached hydrogens (primary N) is 1. The molecule has 0 bridgehead atoms. The number of benzene rings is 2. The Morgan fingerprint density at radius 2 is 1.79 bits per heavy atom. The second-order valence-corrected chi connectivity index (χ2v) is 8.30. The van der Waals surface area contributed by atoms with E-state index >= 15 is 0 Å². The van der Waals surface area contributed by atoms with Crippen LogP contribution in [0.3, 0.4) is 0 Å². The molecule has 1 heterocycles. The highest BCUT2D eigenvalue weighted by Gasteiger charge is 2.23. The molecule has 0 spiro atoms. The number of carbonyl (C=O) groups excluding carboxylic acids is 1. The summed E-state index contributed by atoms with van der Waals surface area (Å²) in [6.07, 6.45) is 0.657. The van der Waals surface area contributed by atoms with Crippen molar-refractivity contribution in [2.24, 2.45) is 5.73 Å². The number of nitrogens with zero attached hydrogens (tertiary/aromatic N) is 3. The minimum atomic E-state index is -0.390. The van der Waals surface area contributed by atoms with Gasteiger partial charge in [-0.15, -0.1) is 10.2 Å². The molecule has 7 heteroatoms. The molecule has 29 heavy (non-hydrogen) atoms. The van der Waals surface area contributed by atoms with Crippen LogP contribution in [0.25, 0.3) is 0 Å². The summed E-state index contributed by atoms with van der Waals surface area (Å²) in [5, 5.41) is 8.98. The van der Waals surface area contributed by atoms with Gasteiger partial charge >= 0.3 is 5.97 Å². The summed E-state index contributed by atoms with van der Waals surface area (Å²) in [5.41, 5.74) is 9.97. The molecule has 1 unspecified atom stereocenters. The molecule has 0 amide bonds. The van der Waals surface area contributed by atoms with Crippen LogP contribution in [0, 0.1) is 6.92 Å². The zero-order valence-corrected chi connectivity index (χ0v) is 17.7. The van der Waals surface area contributed by atoms with Gasteiger partial charge < -0.3 is 15.0 Å². The number of ether oxygens (including phenoxy) is 1. The van der Waals surface area contributed by atoms with E-state index in [-0.39, 0.29) is 17.3 Å².